The predicted octanol–water partition coefficient (Wildman–Crippen LogP) is 2.50. The Labute approximate surface area is 102 Å². The van der Waals surface area contributed by atoms with Crippen LogP contribution < -0.4 is 5.73 Å². The molecule has 0 fully saturated rings. The lowest BCUT2D eigenvalue weighted by atomic mass is 9.75. The number of hydrogen-bond acceptors (Lipinski definition) is 3. The minimum atomic E-state index is -0.147. The van der Waals surface area contributed by atoms with E-state index in [1.165, 1.54) is 12.7 Å². The molecule has 0 amide bonds. The number of esters is 1. The van der Waals surface area contributed by atoms with Crippen molar-refractivity contribution >= 4 is 11.7 Å². The van der Waals surface area contributed by atoms with Gasteiger partial charge < -0.3 is 10.5 Å². The molecule has 0 saturated heterocycles. The summed E-state index contributed by atoms with van der Waals surface area (Å²) < 4.78 is 4.84. The Hall–Kier alpha value is -1.51. The third-order valence-electron chi connectivity index (χ3n) is 3.74. The van der Waals surface area contributed by atoms with E-state index in [0.717, 1.165) is 30.5 Å². The lowest BCUT2D eigenvalue weighted by molar-refractivity contribution is -0.145. The minimum absolute atomic E-state index is 0.122. The second kappa shape index (κ2) is 4.78. The summed E-state index contributed by atoms with van der Waals surface area (Å²) in [5.74, 6) is -0.0674. The van der Waals surface area contributed by atoms with Gasteiger partial charge in [-0.2, -0.15) is 0 Å². The van der Waals surface area contributed by atoms with Crippen molar-refractivity contribution in [3.63, 3.8) is 0 Å². The molecular formula is C14H19NO2. The van der Waals surface area contributed by atoms with Gasteiger partial charge in [0.2, 0.25) is 0 Å². The van der Waals surface area contributed by atoms with Gasteiger partial charge in [0.25, 0.3) is 0 Å². The Bertz CT molecular complexity index is 428. The molecule has 3 heteroatoms. The van der Waals surface area contributed by atoms with Crippen LogP contribution in [0, 0.1) is 5.92 Å². The summed E-state index contributed by atoms with van der Waals surface area (Å²) in [7, 11) is 1.44. The van der Waals surface area contributed by atoms with Crippen molar-refractivity contribution in [2.24, 2.45) is 5.92 Å². The van der Waals surface area contributed by atoms with E-state index in [-0.39, 0.29) is 17.8 Å². The van der Waals surface area contributed by atoms with Crippen LogP contribution in [0.4, 0.5) is 5.69 Å². The van der Waals surface area contributed by atoms with Gasteiger partial charge in [0.15, 0.2) is 0 Å². The molecule has 1 aliphatic rings. The fraction of sp³-hybridized carbons (Fsp3) is 0.500. The van der Waals surface area contributed by atoms with Gasteiger partial charge in [-0.15, -0.1) is 0 Å². The topological polar surface area (TPSA) is 52.3 Å². The van der Waals surface area contributed by atoms with Crippen molar-refractivity contribution in [2.75, 3.05) is 12.8 Å². The number of fused-ring (bicyclic) bond motifs is 1. The minimum Gasteiger partial charge on any atom is -0.469 e. The van der Waals surface area contributed by atoms with Crippen molar-refractivity contribution in [3.05, 3.63) is 29.3 Å². The first-order chi connectivity index (χ1) is 8.15. The van der Waals surface area contributed by atoms with Gasteiger partial charge in [0.05, 0.1) is 13.0 Å². The monoisotopic (exact) mass is 233 g/mol. The number of benzene rings is 1. The molecule has 1 aromatic carbocycles. The standard InChI is InChI=1S/C14H19NO2/c1-9(14(16)17-2)11-7-3-5-10-6-4-8-12(15)13(10)11/h4,6,8-9,11H,3,5,7,15H2,1-2H3. The van der Waals surface area contributed by atoms with E-state index in [9.17, 15) is 4.79 Å². The van der Waals surface area contributed by atoms with Crippen LogP contribution in [-0.4, -0.2) is 13.1 Å². The number of carbonyl (C=O) groups excluding carboxylic acids is 1. The zero-order valence-electron chi connectivity index (χ0n) is 10.4. The summed E-state index contributed by atoms with van der Waals surface area (Å²) in [6.45, 7) is 1.93. The lowest BCUT2D eigenvalue weighted by Crippen LogP contribution is -2.25. The molecule has 1 aromatic rings. The highest BCUT2D eigenvalue weighted by molar-refractivity contribution is 5.74. The van der Waals surface area contributed by atoms with Crippen molar-refractivity contribution in [1.29, 1.82) is 0 Å². The molecule has 2 N–H and O–H groups in total. The van der Waals surface area contributed by atoms with Gasteiger partial charge >= 0.3 is 5.97 Å². The number of hydrogen-bond donors (Lipinski definition) is 1. The van der Waals surface area contributed by atoms with Crippen molar-refractivity contribution in [1.82, 2.24) is 0 Å². The molecule has 0 aliphatic heterocycles. The number of rotatable bonds is 2. The Morgan fingerprint density at radius 1 is 1.53 bits per heavy atom. The van der Waals surface area contributed by atoms with E-state index in [2.05, 4.69) is 6.07 Å². The zero-order chi connectivity index (χ0) is 12.4. The molecule has 0 radical (unpaired) electrons. The fourth-order valence-corrected chi connectivity index (χ4v) is 2.81. The van der Waals surface area contributed by atoms with E-state index in [0.29, 0.717) is 0 Å². The number of carbonyl (C=O) groups is 1. The summed E-state index contributed by atoms with van der Waals surface area (Å²) in [4.78, 5) is 11.7. The van der Waals surface area contributed by atoms with E-state index < -0.39 is 0 Å². The molecule has 2 atom stereocenters. The molecule has 92 valence electrons. The number of methoxy groups -OCH3 is 1. The Balaban J connectivity index is 2.37. The average molecular weight is 233 g/mol. The molecule has 3 nitrogen and oxygen atoms in total. The molecule has 0 spiro atoms. The Morgan fingerprint density at radius 3 is 3.00 bits per heavy atom. The highest BCUT2D eigenvalue weighted by Crippen LogP contribution is 2.40. The van der Waals surface area contributed by atoms with E-state index in [1.807, 2.05) is 19.1 Å². The van der Waals surface area contributed by atoms with Gasteiger partial charge in [-0.05, 0) is 42.4 Å². The first-order valence-corrected chi connectivity index (χ1v) is 6.10. The van der Waals surface area contributed by atoms with Crippen LogP contribution in [0.15, 0.2) is 18.2 Å². The van der Waals surface area contributed by atoms with Crippen molar-refractivity contribution in [3.8, 4) is 0 Å². The van der Waals surface area contributed by atoms with E-state index in [4.69, 9.17) is 10.5 Å². The Morgan fingerprint density at radius 2 is 2.29 bits per heavy atom. The van der Waals surface area contributed by atoms with Crippen LogP contribution in [0.5, 0.6) is 0 Å². The van der Waals surface area contributed by atoms with Crippen LogP contribution >= 0.6 is 0 Å². The maximum atomic E-state index is 11.7. The fourth-order valence-electron chi connectivity index (χ4n) is 2.81. The molecule has 0 bridgehead atoms. The van der Waals surface area contributed by atoms with Crippen LogP contribution in [0.3, 0.4) is 0 Å². The molecule has 17 heavy (non-hydrogen) atoms. The molecule has 0 saturated carbocycles. The summed E-state index contributed by atoms with van der Waals surface area (Å²) in [6.07, 6.45) is 3.19. The smallest absolute Gasteiger partial charge is 0.308 e. The lowest BCUT2D eigenvalue weighted by Gasteiger charge is -2.30. The molecule has 0 heterocycles. The SMILES string of the molecule is COC(=O)C(C)C1CCCc2cccc(N)c21. The number of aryl methyl sites for hydroxylation is 1. The number of anilines is 1. The first-order valence-electron chi connectivity index (χ1n) is 6.10. The normalized spacial score (nSPS) is 20.5. The average Bonchev–Trinajstić information content (AvgIpc) is 2.36. The van der Waals surface area contributed by atoms with Crippen LogP contribution in [0.25, 0.3) is 0 Å². The summed E-state index contributed by atoms with van der Waals surface area (Å²) >= 11 is 0. The number of nitrogens with two attached hydrogens (primary N) is 1. The third-order valence-corrected chi connectivity index (χ3v) is 3.74. The molecule has 1 aliphatic carbocycles. The second-order valence-corrected chi connectivity index (χ2v) is 4.73. The molecular weight excluding hydrogens is 214 g/mol. The predicted molar refractivity (Wildman–Crippen MR) is 67.7 cm³/mol. The van der Waals surface area contributed by atoms with Crippen LogP contribution in [0.1, 0.15) is 36.8 Å². The third kappa shape index (κ3) is 2.14. The highest BCUT2D eigenvalue weighted by atomic mass is 16.5. The second-order valence-electron chi connectivity index (χ2n) is 4.73. The van der Waals surface area contributed by atoms with Crippen molar-refractivity contribution < 1.29 is 9.53 Å². The summed E-state index contributed by atoms with van der Waals surface area (Å²) in [5, 5.41) is 0. The maximum Gasteiger partial charge on any atom is 0.308 e. The highest BCUT2D eigenvalue weighted by Gasteiger charge is 2.31. The quantitative estimate of drug-likeness (QED) is 0.630. The summed E-state index contributed by atoms with van der Waals surface area (Å²) in [5.41, 5.74) is 9.32. The maximum absolute atomic E-state index is 11.7. The molecule has 0 aromatic heterocycles. The van der Waals surface area contributed by atoms with E-state index >= 15 is 0 Å². The van der Waals surface area contributed by atoms with Crippen LogP contribution in [0.2, 0.25) is 0 Å². The molecule has 2 unspecified atom stereocenters. The van der Waals surface area contributed by atoms with Gasteiger partial charge in [0, 0.05) is 5.69 Å². The molecule has 2 rings (SSSR count). The first kappa shape index (κ1) is 12.0. The van der Waals surface area contributed by atoms with Crippen molar-refractivity contribution in [2.45, 2.75) is 32.1 Å². The van der Waals surface area contributed by atoms with Gasteiger partial charge in [-0.1, -0.05) is 19.1 Å². The summed E-state index contributed by atoms with van der Waals surface area (Å²) in [6, 6.07) is 6.02. The van der Waals surface area contributed by atoms with E-state index in [1.54, 1.807) is 0 Å². The largest absolute Gasteiger partial charge is 0.469 e. The van der Waals surface area contributed by atoms with Crippen LogP contribution in [-0.2, 0) is 16.0 Å². The zero-order valence-corrected chi connectivity index (χ0v) is 10.4. The number of nitrogen functional groups attached to an aromatic ring is 1. The van der Waals surface area contributed by atoms with Gasteiger partial charge in [0.1, 0.15) is 0 Å². The van der Waals surface area contributed by atoms with Gasteiger partial charge in [-0.25, -0.2) is 0 Å². The van der Waals surface area contributed by atoms with Gasteiger partial charge in [-0.3, -0.25) is 4.79 Å². The Kier molecular flexibility index (Phi) is 3.36. The number of ether oxygens (including phenoxy) is 1.